The summed E-state index contributed by atoms with van der Waals surface area (Å²) in [5.41, 5.74) is 2.00. The molecule has 1 N–H and O–H groups in total. The quantitative estimate of drug-likeness (QED) is 0.590. The SMILES string of the molecule is CC1=CC(c2nc(C(=O)O)nc3sccc23)=CCC1=O.[H-].[H-].[Na+].[Na+]. The van der Waals surface area contributed by atoms with Gasteiger partial charge < -0.3 is 7.96 Å². The van der Waals surface area contributed by atoms with Crippen molar-refractivity contribution in [1.29, 1.82) is 0 Å². The second-order valence-corrected chi connectivity index (χ2v) is 5.35. The predicted octanol–water partition coefficient (Wildman–Crippen LogP) is -3.07. The van der Waals surface area contributed by atoms with Crippen LogP contribution in [0.3, 0.4) is 0 Å². The number of carbonyl (C=O) groups is 2. The molecule has 0 unspecified atom stereocenters. The first-order valence-electron chi connectivity index (χ1n) is 5.97. The summed E-state index contributed by atoms with van der Waals surface area (Å²) < 4.78 is 0. The van der Waals surface area contributed by atoms with Crippen molar-refractivity contribution in [3.05, 3.63) is 40.7 Å². The van der Waals surface area contributed by atoms with Gasteiger partial charge in [-0.1, -0.05) is 6.08 Å². The minimum atomic E-state index is -1.16. The standard InChI is InChI=1S/C14H10N2O3S.2Na.2H/c1-7-6-8(2-3-10(7)17)11-9-4-5-20-13(9)16-12(15-11)14(18)19;;;;/h2,4-6H,3H2,1H3,(H,18,19);;;;/q;2*+1;2*-1. The fourth-order valence-electron chi connectivity index (χ4n) is 2.07. The molecule has 104 valence electrons. The molecule has 0 aliphatic heterocycles. The number of Topliss-reactive ketones (excluding diaryl/α,β-unsaturated/α-hetero) is 1. The van der Waals surface area contributed by atoms with Gasteiger partial charge in [0.15, 0.2) is 5.78 Å². The van der Waals surface area contributed by atoms with Gasteiger partial charge in [-0.25, -0.2) is 14.8 Å². The van der Waals surface area contributed by atoms with E-state index >= 15 is 0 Å². The summed E-state index contributed by atoms with van der Waals surface area (Å²) in [6.07, 6.45) is 3.84. The van der Waals surface area contributed by atoms with E-state index < -0.39 is 5.97 Å². The summed E-state index contributed by atoms with van der Waals surface area (Å²) in [6, 6.07) is 1.86. The molecule has 0 radical (unpaired) electrons. The molecule has 1 aliphatic carbocycles. The van der Waals surface area contributed by atoms with Gasteiger partial charge >= 0.3 is 65.1 Å². The Morgan fingerprint density at radius 3 is 2.73 bits per heavy atom. The van der Waals surface area contributed by atoms with Crippen molar-refractivity contribution in [2.45, 2.75) is 13.3 Å². The number of thiophene rings is 1. The molecule has 0 aromatic carbocycles. The molecule has 2 heterocycles. The van der Waals surface area contributed by atoms with Crippen molar-refractivity contribution in [2.75, 3.05) is 0 Å². The largest absolute Gasteiger partial charge is 1.00 e. The van der Waals surface area contributed by atoms with E-state index in [0.29, 0.717) is 22.5 Å². The van der Waals surface area contributed by atoms with Gasteiger partial charge in [-0.15, -0.1) is 11.3 Å². The molecular formula is C14H12N2Na2O3S. The third kappa shape index (κ3) is 3.76. The number of aromatic nitrogens is 2. The van der Waals surface area contributed by atoms with E-state index in [1.807, 2.05) is 11.4 Å². The van der Waals surface area contributed by atoms with Gasteiger partial charge in [-0.3, -0.25) is 4.79 Å². The van der Waals surface area contributed by atoms with Gasteiger partial charge in [0.25, 0.3) is 0 Å². The number of hydrogen-bond donors (Lipinski definition) is 1. The van der Waals surface area contributed by atoms with Crippen LogP contribution in [0.2, 0.25) is 0 Å². The Labute approximate surface area is 178 Å². The fraction of sp³-hybridized carbons (Fsp3) is 0.143. The molecule has 0 amide bonds. The van der Waals surface area contributed by atoms with Crippen molar-refractivity contribution < 1.29 is 76.7 Å². The third-order valence-corrected chi connectivity index (χ3v) is 3.92. The first-order chi connectivity index (χ1) is 9.56. The minimum absolute atomic E-state index is 0. The van der Waals surface area contributed by atoms with Crippen molar-refractivity contribution in [2.24, 2.45) is 0 Å². The average molecular weight is 334 g/mol. The van der Waals surface area contributed by atoms with Gasteiger partial charge in [0.05, 0.1) is 5.69 Å². The van der Waals surface area contributed by atoms with Crippen LogP contribution in [0.15, 0.2) is 29.2 Å². The van der Waals surface area contributed by atoms with Crippen LogP contribution in [0.4, 0.5) is 0 Å². The van der Waals surface area contributed by atoms with Crippen LogP contribution >= 0.6 is 11.3 Å². The van der Waals surface area contributed by atoms with Gasteiger partial charge in [0.1, 0.15) is 4.83 Å². The van der Waals surface area contributed by atoms with Crippen LogP contribution in [0.1, 0.15) is 32.5 Å². The molecule has 2 aromatic rings. The summed E-state index contributed by atoms with van der Waals surface area (Å²) >= 11 is 1.37. The molecule has 8 heteroatoms. The Hall–Kier alpha value is -0.340. The molecule has 3 rings (SSSR count). The molecule has 22 heavy (non-hydrogen) atoms. The number of fused-ring (bicyclic) bond motifs is 1. The van der Waals surface area contributed by atoms with Crippen molar-refractivity contribution in [3.8, 4) is 0 Å². The van der Waals surface area contributed by atoms with Crippen LogP contribution in [-0.4, -0.2) is 26.8 Å². The van der Waals surface area contributed by atoms with E-state index in [9.17, 15) is 9.59 Å². The van der Waals surface area contributed by atoms with E-state index in [1.165, 1.54) is 11.3 Å². The van der Waals surface area contributed by atoms with E-state index in [0.717, 1.165) is 11.0 Å². The van der Waals surface area contributed by atoms with E-state index in [-0.39, 0.29) is 73.6 Å². The summed E-state index contributed by atoms with van der Waals surface area (Å²) in [4.78, 5) is 31.4. The van der Waals surface area contributed by atoms with Gasteiger partial charge in [-0.2, -0.15) is 0 Å². The Morgan fingerprint density at radius 2 is 2.09 bits per heavy atom. The second-order valence-electron chi connectivity index (χ2n) is 4.45. The van der Waals surface area contributed by atoms with Crippen LogP contribution in [0.25, 0.3) is 15.8 Å². The second kappa shape index (κ2) is 7.97. The Balaban J connectivity index is 0. The zero-order valence-corrected chi connectivity index (χ0v) is 17.4. The number of aromatic carboxylic acids is 1. The predicted molar refractivity (Wildman–Crippen MR) is 78.0 cm³/mol. The van der Waals surface area contributed by atoms with Crippen molar-refractivity contribution >= 4 is 38.9 Å². The average Bonchev–Trinajstić information content (AvgIpc) is 2.89. The Morgan fingerprint density at radius 1 is 1.36 bits per heavy atom. The number of ketones is 1. The zero-order chi connectivity index (χ0) is 14.3. The van der Waals surface area contributed by atoms with Crippen molar-refractivity contribution in [1.82, 2.24) is 9.97 Å². The maximum Gasteiger partial charge on any atom is 1.00 e. The van der Waals surface area contributed by atoms with Gasteiger partial charge in [0.2, 0.25) is 5.82 Å². The zero-order valence-electron chi connectivity index (χ0n) is 14.6. The molecule has 2 aromatic heterocycles. The number of carboxylic acids is 1. The number of carboxylic acid groups (broad SMARTS) is 1. The first kappa shape index (κ1) is 19.7. The third-order valence-electron chi connectivity index (χ3n) is 3.11. The number of allylic oxidation sites excluding steroid dienone is 4. The molecule has 0 fully saturated rings. The topological polar surface area (TPSA) is 80.2 Å². The number of hydrogen-bond acceptors (Lipinski definition) is 5. The fourth-order valence-corrected chi connectivity index (χ4v) is 2.84. The molecule has 0 spiro atoms. The molecular weight excluding hydrogens is 322 g/mol. The summed E-state index contributed by atoms with van der Waals surface area (Å²) in [6.45, 7) is 1.75. The van der Waals surface area contributed by atoms with E-state index in [2.05, 4.69) is 9.97 Å². The molecule has 0 atom stereocenters. The van der Waals surface area contributed by atoms with Crippen LogP contribution in [-0.2, 0) is 4.79 Å². The molecule has 0 bridgehead atoms. The maximum atomic E-state index is 11.5. The van der Waals surface area contributed by atoms with Crippen LogP contribution in [0, 0.1) is 0 Å². The van der Waals surface area contributed by atoms with Gasteiger partial charge in [0, 0.05) is 11.8 Å². The number of nitrogens with zero attached hydrogens (tertiary/aromatic N) is 2. The monoisotopic (exact) mass is 334 g/mol. The van der Waals surface area contributed by atoms with Crippen LogP contribution < -0.4 is 59.1 Å². The maximum absolute atomic E-state index is 11.5. The van der Waals surface area contributed by atoms with Crippen LogP contribution in [0.5, 0.6) is 0 Å². The van der Waals surface area contributed by atoms with Crippen molar-refractivity contribution in [3.63, 3.8) is 0 Å². The Bertz CT molecular complexity index is 821. The molecule has 1 aliphatic rings. The normalized spacial score (nSPS) is 13.8. The number of carbonyl (C=O) groups excluding carboxylic acids is 1. The number of rotatable bonds is 2. The van der Waals surface area contributed by atoms with E-state index in [1.54, 1.807) is 19.1 Å². The summed E-state index contributed by atoms with van der Waals surface area (Å²) in [7, 11) is 0. The Kier molecular flexibility index (Phi) is 7.14. The van der Waals surface area contributed by atoms with E-state index in [4.69, 9.17) is 5.11 Å². The van der Waals surface area contributed by atoms with Gasteiger partial charge in [-0.05, 0) is 35.6 Å². The molecule has 0 saturated heterocycles. The molecule has 5 nitrogen and oxygen atoms in total. The summed E-state index contributed by atoms with van der Waals surface area (Å²) in [5.74, 6) is -1.31. The summed E-state index contributed by atoms with van der Waals surface area (Å²) in [5, 5.41) is 11.7. The molecule has 0 saturated carbocycles. The minimum Gasteiger partial charge on any atom is -1.00 e. The first-order valence-corrected chi connectivity index (χ1v) is 6.85. The smallest absolute Gasteiger partial charge is 1.00 e.